The van der Waals surface area contributed by atoms with E-state index >= 15 is 0 Å². The first-order valence-corrected chi connectivity index (χ1v) is 3.18. The van der Waals surface area contributed by atoms with Crippen molar-refractivity contribution in [1.29, 1.82) is 0 Å². The normalized spacial score (nSPS) is 16.6. The summed E-state index contributed by atoms with van der Waals surface area (Å²) in [5.74, 6) is -0.924. The minimum atomic E-state index is -0.924. The predicted octanol–water partition coefficient (Wildman–Crippen LogP) is -0.121. The van der Waals surface area contributed by atoms with Gasteiger partial charge in [0.25, 0.3) is 2.82 Å². The molecule has 0 saturated carbocycles. The van der Waals surface area contributed by atoms with Crippen molar-refractivity contribution in [2.24, 2.45) is 0 Å². The molecule has 66 valence electrons. The fourth-order valence-electron chi connectivity index (χ4n) is 0.857. The van der Waals surface area contributed by atoms with Crippen LogP contribution in [0.15, 0.2) is 24.2 Å². The fraction of sp³-hybridized carbons (Fsp3) is 0. The van der Waals surface area contributed by atoms with Crippen LogP contribution in [0.5, 0.6) is 0 Å². The van der Waals surface area contributed by atoms with Crippen molar-refractivity contribution in [2.75, 3.05) is 5.72 Å². The minimum Gasteiger partial charge on any atom is -0.778 e. The summed E-state index contributed by atoms with van der Waals surface area (Å²) in [4.78, 5) is 11.6. The van der Waals surface area contributed by atoms with Gasteiger partial charge in [-0.1, -0.05) is 17.0 Å². The van der Waals surface area contributed by atoms with E-state index in [0.29, 0.717) is 0 Å². The number of benzene rings is 1. The number of fused-ring (bicyclic) bond motifs is 1. The zero-order chi connectivity index (χ0) is 14.5. The quantitative estimate of drug-likeness (QED) is 0.625. The molecule has 2 rings (SSSR count). The zero-order valence-corrected chi connectivity index (χ0v) is 6.11. The van der Waals surface area contributed by atoms with E-state index in [4.69, 9.17) is 8.31 Å². The van der Waals surface area contributed by atoms with Crippen LogP contribution in [-0.2, 0) is 0 Å². The van der Waals surface area contributed by atoms with Crippen molar-refractivity contribution in [3.05, 3.63) is 34.3 Å². The summed E-state index contributed by atoms with van der Waals surface area (Å²) in [7, 11) is 0. The molecular formula is C7H6N4O2. The Morgan fingerprint density at radius 2 is 2.46 bits per heavy atom. The second kappa shape index (κ2) is 2.44. The van der Waals surface area contributed by atoms with Gasteiger partial charge < -0.3 is 5.21 Å². The van der Waals surface area contributed by atoms with E-state index in [9.17, 15) is 10.1 Å². The first-order chi connectivity index (χ1) is 8.77. The number of para-hydroxylation sites is 2. The van der Waals surface area contributed by atoms with Gasteiger partial charge in [-0.2, -0.15) is 0 Å². The lowest BCUT2D eigenvalue weighted by Gasteiger charge is -2.05. The lowest BCUT2D eigenvalue weighted by Crippen LogP contribution is -2.25. The molecule has 0 spiro atoms. The van der Waals surface area contributed by atoms with Crippen molar-refractivity contribution in [2.45, 2.75) is 0 Å². The average Bonchev–Trinajstić information content (AvgIpc) is 2.35. The fourth-order valence-corrected chi connectivity index (χ4v) is 0.857. The molecule has 0 amide bonds. The summed E-state index contributed by atoms with van der Waals surface area (Å²) in [5.41, 5.74) is -1.54. The van der Waals surface area contributed by atoms with Crippen LogP contribution in [0.4, 0.5) is 5.95 Å². The van der Waals surface area contributed by atoms with Gasteiger partial charge >= 0.3 is 5.95 Å². The Labute approximate surface area is 80.9 Å². The first kappa shape index (κ1) is 3.33. The Morgan fingerprint density at radius 1 is 1.69 bits per heavy atom. The molecule has 13 heavy (non-hydrogen) atoms. The summed E-state index contributed by atoms with van der Waals surface area (Å²) in [5, 5.41) is 14.7. The SMILES string of the molecule is [2H]c1c([2H])c([2H])c2c(c1[2H])n([O-])nc(N([2H])[2H])[n+]2=O. The van der Waals surface area contributed by atoms with Gasteiger partial charge in [0.05, 0.1) is 5.48 Å². The van der Waals surface area contributed by atoms with Crippen LogP contribution in [0.3, 0.4) is 0 Å². The third-order valence-electron chi connectivity index (χ3n) is 1.40. The Balaban J connectivity index is 3.14. The maximum absolute atomic E-state index is 11.8. The van der Waals surface area contributed by atoms with Crippen LogP contribution in [0.25, 0.3) is 11.0 Å². The molecular weight excluding hydrogens is 172 g/mol. The van der Waals surface area contributed by atoms with Gasteiger partial charge in [0.1, 0.15) is 5.52 Å². The van der Waals surface area contributed by atoms with Gasteiger partial charge in [0, 0.05) is 9.53 Å². The number of anilines is 1. The standard InChI is InChI=1S/C7H6N4O2/c8-7-9-11(13)6-4-2-1-3-5(6)10(7)12/h1-4H,(H2,8,9)/i1D,2D,3D,4D/hD2. The Morgan fingerprint density at radius 3 is 3.23 bits per heavy atom. The highest BCUT2D eigenvalue weighted by Gasteiger charge is 2.09. The van der Waals surface area contributed by atoms with E-state index in [2.05, 4.69) is 5.10 Å². The molecule has 0 bridgehead atoms. The summed E-state index contributed by atoms with van der Waals surface area (Å²) in [6.07, 6.45) is 0. The number of hydrogen-bond acceptors (Lipinski definition) is 4. The smallest absolute Gasteiger partial charge is 0.451 e. The van der Waals surface area contributed by atoms with E-state index in [1.807, 2.05) is 0 Å². The number of aromatic nitrogens is 3. The highest BCUT2D eigenvalue weighted by Crippen LogP contribution is 2.06. The molecule has 6 heteroatoms. The van der Waals surface area contributed by atoms with E-state index in [-0.39, 0.29) is 15.0 Å². The minimum absolute atomic E-state index is 0.151. The van der Waals surface area contributed by atoms with Gasteiger partial charge in [-0.3, -0.25) is 5.72 Å². The van der Waals surface area contributed by atoms with E-state index in [1.54, 1.807) is 0 Å². The molecule has 2 aromatic rings. The number of nitrogen functional groups attached to an aromatic ring is 1. The summed E-state index contributed by atoms with van der Waals surface area (Å²) in [6.45, 7) is 0. The molecule has 0 radical (unpaired) electrons. The van der Waals surface area contributed by atoms with Gasteiger partial charge in [0.2, 0.25) is 0 Å². The number of nitrogens with zero attached hydrogens (tertiary/aromatic N) is 3. The lowest BCUT2D eigenvalue weighted by atomic mass is 10.3. The number of nitrogens with two attached hydrogens (primary N) is 1. The van der Waals surface area contributed by atoms with Crippen molar-refractivity contribution in [3.63, 3.8) is 0 Å². The number of hydrogen-bond donors (Lipinski definition) is 1. The molecule has 0 aliphatic heterocycles. The highest BCUT2D eigenvalue weighted by molar-refractivity contribution is 5.71. The average molecular weight is 184 g/mol. The molecule has 0 aliphatic carbocycles. The molecule has 6 nitrogen and oxygen atoms in total. The summed E-state index contributed by atoms with van der Waals surface area (Å²) >= 11 is 0. The maximum atomic E-state index is 11.8. The second-order valence-corrected chi connectivity index (χ2v) is 2.16. The van der Waals surface area contributed by atoms with Crippen molar-refractivity contribution in [3.8, 4) is 0 Å². The molecule has 0 fully saturated rings. The molecule has 0 unspecified atom stereocenters. The monoisotopic (exact) mass is 184 g/mol. The summed E-state index contributed by atoms with van der Waals surface area (Å²) in [6, 6.07) is -2.82. The molecule has 0 aliphatic rings. The van der Waals surface area contributed by atoms with Crippen molar-refractivity contribution >= 4 is 17.0 Å². The molecule has 0 atom stereocenters. The van der Waals surface area contributed by atoms with Crippen LogP contribution in [0.1, 0.15) is 5.48 Å². The Bertz CT molecular complexity index is 745. The highest BCUT2D eigenvalue weighted by atomic mass is 16.5. The van der Waals surface area contributed by atoms with E-state index < -0.39 is 41.2 Å². The van der Waals surface area contributed by atoms with Crippen molar-refractivity contribution in [1.82, 2.24) is 9.94 Å². The second-order valence-electron chi connectivity index (χ2n) is 2.16. The van der Waals surface area contributed by atoms with Crippen LogP contribution in [-0.4, -0.2) is 9.94 Å². The van der Waals surface area contributed by atoms with Gasteiger partial charge in [-0.15, -0.1) is 0 Å². The van der Waals surface area contributed by atoms with Crippen molar-refractivity contribution < 1.29 is 12.7 Å². The lowest BCUT2D eigenvalue weighted by molar-refractivity contribution is -0.451. The largest absolute Gasteiger partial charge is 0.778 e. The van der Waals surface area contributed by atoms with E-state index in [0.717, 1.165) is 0 Å². The molecule has 1 aromatic heterocycles. The Kier molecular flexibility index (Phi) is 0.625. The molecule has 1 heterocycles. The van der Waals surface area contributed by atoms with Crippen LogP contribution in [0, 0.1) is 10.1 Å². The van der Waals surface area contributed by atoms with Gasteiger partial charge in [-0.25, -0.2) is 4.85 Å². The molecule has 2 N–H and O–H groups in total. The summed E-state index contributed by atoms with van der Waals surface area (Å²) < 4.78 is 43.6. The molecule has 0 saturated heterocycles. The van der Waals surface area contributed by atoms with Gasteiger partial charge in [0.15, 0.2) is 5.52 Å². The van der Waals surface area contributed by atoms with E-state index in [1.165, 1.54) is 0 Å². The molecule has 1 aromatic carbocycles. The number of rotatable bonds is 1. The van der Waals surface area contributed by atoms with Crippen LogP contribution in [0.2, 0.25) is 2.82 Å². The Hall–Kier alpha value is -2.11. The maximum Gasteiger partial charge on any atom is 0.451 e. The van der Waals surface area contributed by atoms with Crippen LogP contribution < -0.4 is 10.1 Å². The van der Waals surface area contributed by atoms with Gasteiger partial charge in [-0.05, 0) is 12.1 Å². The first-order valence-electron chi connectivity index (χ1n) is 6.08. The zero-order valence-electron chi connectivity index (χ0n) is 12.1. The third kappa shape index (κ3) is 0.994. The predicted molar refractivity (Wildman–Crippen MR) is 46.3 cm³/mol. The van der Waals surface area contributed by atoms with Crippen LogP contribution >= 0.6 is 0 Å². The topological polar surface area (TPSA) is 89.9 Å². The third-order valence-corrected chi connectivity index (χ3v) is 1.40.